The van der Waals surface area contributed by atoms with Crippen LogP contribution in [-0.4, -0.2) is 47.4 Å². The minimum Gasteiger partial charge on any atom is -0.405 e. The van der Waals surface area contributed by atoms with Gasteiger partial charge in [-0.15, -0.1) is 13.2 Å². The average Bonchev–Trinajstić information content (AvgIpc) is 2.70. The van der Waals surface area contributed by atoms with Gasteiger partial charge in [-0.3, -0.25) is 9.59 Å². The summed E-state index contributed by atoms with van der Waals surface area (Å²) in [5.74, 6) is -2.19. The van der Waals surface area contributed by atoms with Crippen LogP contribution in [0.4, 0.5) is 13.2 Å². The SMILES string of the molecule is CC(C)[C@@H](O)C(=O)N1CCC[C@@H](C(=O)NCc2ccc(C#N)cc2OC(F)(F)F)C1. The van der Waals surface area contributed by atoms with Crippen molar-refractivity contribution in [2.24, 2.45) is 11.8 Å². The molecule has 30 heavy (non-hydrogen) atoms. The maximum Gasteiger partial charge on any atom is 0.573 e. The van der Waals surface area contributed by atoms with Gasteiger partial charge in [-0.2, -0.15) is 5.26 Å². The number of nitrogens with one attached hydrogen (secondary N) is 1. The second-order valence-electron chi connectivity index (χ2n) is 7.51. The van der Waals surface area contributed by atoms with Crippen LogP contribution in [0.25, 0.3) is 0 Å². The number of hydrogen-bond acceptors (Lipinski definition) is 5. The van der Waals surface area contributed by atoms with Gasteiger partial charge in [0.2, 0.25) is 5.91 Å². The molecule has 2 amide bonds. The van der Waals surface area contributed by atoms with Gasteiger partial charge >= 0.3 is 6.36 Å². The number of ether oxygens (including phenoxy) is 1. The zero-order valence-electron chi connectivity index (χ0n) is 16.7. The van der Waals surface area contributed by atoms with Crippen molar-refractivity contribution in [2.45, 2.75) is 45.7 Å². The number of piperidine rings is 1. The third-order valence-corrected chi connectivity index (χ3v) is 4.86. The van der Waals surface area contributed by atoms with E-state index in [-0.39, 0.29) is 30.1 Å². The fourth-order valence-corrected chi connectivity index (χ4v) is 3.18. The molecular formula is C20H24F3N3O4. The number of alkyl halides is 3. The normalized spacial score (nSPS) is 17.9. The molecule has 7 nitrogen and oxygen atoms in total. The van der Waals surface area contributed by atoms with Crippen molar-refractivity contribution in [1.82, 2.24) is 10.2 Å². The van der Waals surface area contributed by atoms with Gasteiger partial charge in [0, 0.05) is 25.2 Å². The predicted octanol–water partition coefficient (Wildman–Crippen LogP) is 2.33. The Bertz CT molecular complexity index is 820. The van der Waals surface area contributed by atoms with Crippen molar-refractivity contribution in [3.63, 3.8) is 0 Å². The molecule has 0 aliphatic carbocycles. The second kappa shape index (κ2) is 9.80. The minimum atomic E-state index is -4.94. The first-order valence-electron chi connectivity index (χ1n) is 9.55. The Morgan fingerprint density at radius 2 is 2.10 bits per heavy atom. The van der Waals surface area contributed by atoms with E-state index in [4.69, 9.17) is 5.26 Å². The Labute approximate surface area is 172 Å². The summed E-state index contributed by atoms with van der Waals surface area (Å²) in [6, 6.07) is 5.32. The molecule has 0 unspecified atom stereocenters. The molecule has 0 spiro atoms. The Morgan fingerprint density at radius 3 is 2.70 bits per heavy atom. The van der Waals surface area contributed by atoms with Crippen LogP contribution in [0.15, 0.2) is 18.2 Å². The van der Waals surface area contributed by atoms with Crippen LogP contribution in [0.1, 0.15) is 37.8 Å². The summed E-state index contributed by atoms with van der Waals surface area (Å²) in [4.78, 5) is 26.3. The fourth-order valence-electron chi connectivity index (χ4n) is 3.18. The van der Waals surface area contributed by atoms with E-state index in [1.165, 1.54) is 17.0 Å². The van der Waals surface area contributed by atoms with Crippen molar-refractivity contribution in [2.75, 3.05) is 13.1 Å². The zero-order chi connectivity index (χ0) is 22.5. The molecule has 1 aromatic carbocycles. The predicted molar refractivity (Wildman–Crippen MR) is 99.8 cm³/mol. The van der Waals surface area contributed by atoms with E-state index in [0.717, 1.165) is 6.07 Å². The van der Waals surface area contributed by atoms with Gasteiger partial charge in [-0.05, 0) is 30.9 Å². The number of aliphatic hydroxyl groups is 1. The fraction of sp³-hybridized carbons (Fsp3) is 0.550. The molecule has 0 aromatic heterocycles. The number of halogens is 3. The molecule has 2 N–H and O–H groups in total. The highest BCUT2D eigenvalue weighted by Gasteiger charge is 2.33. The number of rotatable bonds is 6. The molecular weight excluding hydrogens is 403 g/mol. The number of aliphatic hydroxyl groups excluding tert-OH is 1. The third-order valence-electron chi connectivity index (χ3n) is 4.86. The van der Waals surface area contributed by atoms with Crippen molar-refractivity contribution in [3.05, 3.63) is 29.3 Å². The standard InChI is InChI=1S/C20H24F3N3O4/c1-12(2)17(27)19(29)26-7-3-4-15(11-26)18(28)25-10-14-6-5-13(9-24)8-16(14)30-20(21,22)23/h5-6,8,12,15,17,27H,3-4,7,10-11H2,1-2H3,(H,25,28)/t15-,17-/m1/s1. The summed E-state index contributed by atoms with van der Waals surface area (Å²) in [7, 11) is 0. The largest absolute Gasteiger partial charge is 0.573 e. The minimum absolute atomic E-state index is 0.00512. The van der Waals surface area contributed by atoms with E-state index in [0.29, 0.717) is 19.4 Å². The molecule has 164 valence electrons. The molecule has 2 rings (SSSR count). The number of amides is 2. The summed E-state index contributed by atoms with van der Waals surface area (Å²) in [6.45, 7) is 3.78. The summed E-state index contributed by atoms with van der Waals surface area (Å²) < 4.78 is 41.9. The first-order valence-corrected chi connectivity index (χ1v) is 9.55. The van der Waals surface area contributed by atoms with Crippen LogP contribution in [0, 0.1) is 23.2 Å². The molecule has 1 aromatic rings. The van der Waals surface area contributed by atoms with E-state index >= 15 is 0 Å². The van der Waals surface area contributed by atoms with Crippen LogP contribution in [0.3, 0.4) is 0 Å². The maximum absolute atomic E-state index is 12.6. The van der Waals surface area contributed by atoms with Crippen LogP contribution in [-0.2, 0) is 16.1 Å². The van der Waals surface area contributed by atoms with Gasteiger partial charge in [0.05, 0.1) is 17.6 Å². The molecule has 1 saturated heterocycles. The molecule has 0 radical (unpaired) electrons. The van der Waals surface area contributed by atoms with Crippen LogP contribution >= 0.6 is 0 Å². The maximum atomic E-state index is 12.6. The highest BCUT2D eigenvalue weighted by atomic mass is 19.4. The molecule has 1 heterocycles. The van der Waals surface area contributed by atoms with E-state index in [1.54, 1.807) is 19.9 Å². The molecule has 0 bridgehead atoms. The van der Waals surface area contributed by atoms with Crippen LogP contribution in [0.5, 0.6) is 5.75 Å². The van der Waals surface area contributed by atoms with Gasteiger partial charge in [-0.1, -0.05) is 19.9 Å². The number of nitriles is 1. The second-order valence-corrected chi connectivity index (χ2v) is 7.51. The monoisotopic (exact) mass is 427 g/mol. The van der Waals surface area contributed by atoms with Crippen molar-refractivity contribution in [3.8, 4) is 11.8 Å². The summed E-state index contributed by atoms with van der Waals surface area (Å²) in [5.41, 5.74) is 0.0631. The van der Waals surface area contributed by atoms with Crippen molar-refractivity contribution >= 4 is 11.8 Å². The summed E-state index contributed by atoms with van der Waals surface area (Å²) >= 11 is 0. The Balaban J connectivity index is 2.03. The van der Waals surface area contributed by atoms with Gasteiger partial charge in [0.25, 0.3) is 5.91 Å². The molecule has 2 atom stereocenters. The lowest BCUT2D eigenvalue weighted by molar-refractivity contribution is -0.274. The van der Waals surface area contributed by atoms with Crippen LogP contribution < -0.4 is 10.1 Å². The molecule has 1 aliphatic rings. The quantitative estimate of drug-likeness (QED) is 0.726. The number of carbonyl (C=O) groups is 2. The number of likely N-dealkylation sites (tertiary alicyclic amines) is 1. The number of nitrogens with zero attached hydrogens (tertiary/aromatic N) is 2. The smallest absolute Gasteiger partial charge is 0.405 e. The van der Waals surface area contributed by atoms with Crippen molar-refractivity contribution < 1.29 is 32.6 Å². The average molecular weight is 427 g/mol. The van der Waals surface area contributed by atoms with Crippen molar-refractivity contribution in [1.29, 1.82) is 5.26 Å². The highest BCUT2D eigenvalue weighted by Crippen LogP contribution is 2.28. The molecule has 10 heteroatoms. The van der Waals surface area contributed by atoms with Gasteiger partial charge in [0.1, 0.15) is 11.9 Å². The number of hydrogen-bond donors (Lipinski definition) is 2. The van der Waals surface area contributed by atoms with Gasteiger partial charge < -0.3 is 20.1 Å². The van der Waals surface area contributed by atoms with Gasteiger partial charge in [0.15, 0.2) is 0 Å². The van der Waals surface area contributed by atoms with E-state index in [9.17, 15) is 27.9 Å². The van der Waals surface area contributed by atoms with Gasteiger partial charge in [-0.25, -0.2) is 0 Å². The molecule has 0 saturated carbocycles. The summed E-state index contributed by atoms with van der Waals surface area (Å²) in [5, 5.41) is 21.4. The first kappa shape index (κ1) is 23.5. The van der Waals surface area contributed by atoms with E-state index in [1.807, 2.05) is 0 Å². The van der Waals surface area contributed by atoms with E-state index in [2.05, 4.69) is 10.1 Å². The lowest BCUT2D eigenvalue weighted by Gasteiger charge is -2.34. The molecule has 1 fully saturated rings. The highest BCUT2D eigenvalue weighted by molar-refractivity contribution is 5.83. The summed E-state index contributed by atoms with van der Waals surface area (Å²) in [6.07, 6.45) is -4.98. The lowest BCUT2D eigenvalue weighted by Crippen LogP contribution is -2.49. The lowest BCUT2D eigenvalue weighted by atomic mass is 9.95. The topological polar surface area (TPSA) is 103 Å². The first-order chi connectivity index (χ1) is 14.0. The van der Waals surface area contributed by atoms with Crippen LogP contribution in [0.2, 0.25) is 0 Å². The molecule has 1 aliphatic heterocycles. The Kier molecular flexibility index (Phi) is 7.67. The number of benzene rings is 1. The number of carbonyl (C=O) groups excluding carboxylic acids is 2. The third kappa shape index (κ3) is 6.35. The Hall–Kier alpha value is -2.80. The zero-order valence-corrected chi connectivity index (χ0v) is 16.7. The van der Waals surface area contributed by atoms with E-state index < -0.39 is 35.9 Å². The Morgan fingerprint density at radius 1 is 1.40 bits per heavy atom.